The summed E-state index contributed by atoms with van der Waals surface area (Å²) in [6.45, 7) is 1.81. The second-order valence-electron chi connectivity index (χ2n) is 2.48. The molecule has 0 aliphatic rings. The number of sulfonamides is 1. The first-order valence-corrected chi connectivity index (χ1v) is 5.54. The number of benzene rings is 1. The third kappa shape index (κ3) is 2.06. The molecule has 5 heteroatoms. The minimum atomic E-state index is -3.60. The van der Waals surface area contributed by atoms with Crippen molar-refractivity contribution in [3.63, 3.8) is 0 Å². The Labute approximate surface area is 79.8 Å². The van der Waals surface area contributed by atoms with Crippen molar-refractivity contribution in [3.05, 3.63) is 28.2 Å². The summed E-state index contributed by atoms with van der Waals surface area (Å²) in [5.41, 5.74) is 0.863. The maximum absolute atomic E-state index is 11.0. The lowest BCUT2D eigenvalue weighted by atomic mass is 10.2. The van der Waals surface area contributed by atoms with Crippen LogP contribution in [0.1, 0.15) is 5.56 Å². The average molecular weight is 250 g/mol. The molecule has 0 unspecified atom stereocenters. The number of primary sulfonamides is 1. The fourth-order valence-corrected chi connectivity index (χ4v) is 2.44. The Morgan fingerprint density at radius 1 is 1.42 bits per heavy atom. The standard InChI is InChI=1S/C7H8BrNO2S/c1-5-2-3-6(8)7(4-5)12(9,10)11/h2-4H,1H3,(H2,9,10,11). The topological polar surface area (TPSA) is 60.2 Å². The van der Waals surface area contributed by atoms with Gasteiger partial charge >= 0.3 is 0 Å². The summed E-state index contributed by atoms with van der Waals surface area (Å²) >= 11 is 3.11. The molecule has 0 bridgehead atoms. The molecule has 0 saturated carbocycles. The van der Waals surface area contributed by atoms with Crippen LogP contribution in [-0.2, 0) is 10.0 Å². The molecule has 1 rings (SSSR count). The Kier molecular flexibility index (Phi) is 2.55. The Morgan fingerprint density at radius 3 is 2.42 bits per heavy atom. The highest BCUT2D eigenvalue weighted by Crippen LogP contribution is 2.21. The molecule has 1 aromatic carbocycles. The van der Waals surface area contributed by atoms with E-state index in [2.05, 4.69) is 15.9 Å². The summed E-state index contributed by atoms with van der Waals surface area (Å²) in [6, 6.07) is 4.99. The molecule has 0 radical (unpaired) electrons. The lowest BCUT2D eigenvalue weighted by Gasteiger charge is -2.01. The molecule has 0 spiro atoms. The second-order valence-corrected chi connectivity index (χ2v) is 4.86. The predicted octanol–water partition coefficient (Wildman–Crippen LogP) is 1.40. The molecule has 0 amide bonds. The van der Waals surface area contributed by atoms with Gasteiger partial charge in [0.1, 0.15) is 0 Å². The monoisotopic (exact) mass is 249 g/mol. The molecule has 66 valence electrons. The Morgan fingerprint density at radius 2 is 2.00 bits per heavy atom. The first-order valence-electron chi connectivity index (χ1n) is 3.20. The van der Waals surface area contributed by atoms with Crippen LogP contribution in [0, 0.1) is 6.92 Å². The van der Waals surface area contributed by atoms with Gasteiger partial charge in [0.15, 0.2) is 0 Å². The van der Waals surface area contributed by atoms with Crippen LogP contribution in [0.5, 0.6) is 0 Å². The van der Waals surface area contributed by atoms with Gasteiger partial charge < -0.3 is 0 Å². The highest BCUT2D eigenvalue weighted by atomic mass is 79.9. The predicted molar refractivity (Wildman–Crippen MR) is 50.3 cm³/mol. The molecular weight excluding hydrogens is 242 g/mol. The zero-order chi connectivity index (χ0) is 9.35. The van der Waals surface area contributed by atoms with E-state index in [4.69, 9.17) is 5.14 Å². The van der Waals surface area contributed by atoms with Crippen LogP contribution >= 0.6 is 15.9 Å². The van der Waals surface area contributed by atoms with Crippen molar-refractivity contribution in [3.8, 4) is 0 Å². The molecule has 0 aliphatic heterocycles. The van der Waals surface area contributed by atoms with E-state index in [9.17, 15) is 8.42 Å². The summed E-state index contributed by atoms with van der Waals surface area (Å²) in [5, 5.41) is 4.97. The smallest absolute Gasteiger partial charge is 0.225 e. The lowest BCUT2D eigenvalue weighted by molar-refractivity contribution is 0.597. The number of nitrogens with two attached hydrogens (primary N) is 1. The van der Waals surface area contributed by atoms with E-state index in [1.807, 2.05) is 0 Å². The number of halogens is 1. The number of aryl methyl sites for hydroxylation is 1. The molecule has 0 aromatic heterocycles. The highest BCUT2D eigenvalue weighted by molar-refractivity contribution is 9.10. The third-order valence-corrected chi connectivity index (χ3v) is 3.30. The summed E-state index contributed by atoms with van der Waals surface area (Å²) < 4.78 is 22.4. The van der Waals surface area contributed by atoms with E-state index in [-0.39, 0.29) is 4.90 Å². The van der Waals surface area contributed by atoms with Crippen molar-refractivity contribution in [1.82, 2.24) is 0 Å². The third-order valence-electron chi connectivity index (χ3n) is 1.39. The van der Waals surface area contributed by atoms with Gasteiger partial charge in [0.05, 0.1) is 4.90 Å². The van der Waals surface area contributed by atoms with E-state index in [0.717, 1.165) is 5.56 Å². The van der Waals surface area contributed by atoms with Crippen LogP contribution in [0.3, 0.4) is 0 Å². The second kappa shape index (κ2) is 3.16. The molecule has 0 fully saturated rings. The Bertz CT molecular complexity index is 400. The number of rotatable bonds is 1. The van der Waals surface area contributed by atoms with Crippen molar-refractivity contribution in [2.75, 3.05) is 0 Å². The molecular formula is C7H8BrNO2S. The molecule has 0 heterocycles. The summed E-state index contributed by atoms with van der Waals surface area (Å²) in [5.74, 6) is 0. The first-order chi connectivity index (χ1) is 5.41. The molecule has 12 heavy (non-hydrogen) atoms. The maximum Gasteiger partial charge on any atom is 0.239 e. The van der Waals surface area contributed by atoms with E-state index in [1.54, 1.807) is 19.1 Å². The normalized spacial score (nSPS) is 11.6. The quantitative estimate of drug-likeness (QED) is 0.819. The van der Waals surface area contributed by atoms with Crippen LogP contribution in [0.2, 0.25) is 0 Å². The Hall–Kier alpha value is -0.390. The van der Waals surface area contributed by atoms with Gasteiger partial charge in [-0.15, -0.1) is 0 Å². The molecule has 0 aliphatic carbocycles. The fraction of sp³-hybridized carbons (Fsp3) is 0.143. The number of hydrogen-bond acceptors (Lipinski definition) is 2. The number of hydrogen-bond donors (Lipinski definition) is 1. The zero-order valence-corrected chi connectivity index (χ0v) is 8.81. The summed E-state index contributed by atoms with van der Waals surface area (Å²) in [4.78, 5) is 0.127. The van der Waals surface area contributed by atoms with Gasteiger partial charge in [-0.2, -0.15) is 0 Å². The maximum atomic E-state index is 11.0. The lowest BCUT2D eigenvalue weighted by Crippen LogP contribution is -2.12. The SMILES string of the molecule is Cc1ccc(Br)c(S(N)(=O)=O)c1. The minimum absolute atomic E-state index is 0.127. The average Bonchev–Trinajstić information content (AvgIpc) is 1.92. The summed E-state index contributed by atoms with van der Waals surface area (Å²) in [7, 11) is -3.60. The van der Waals surface area contributed by atoms with Gasteiger partial charge in [0.2, 0.25) is 10.0 Å². The molecule has 0 saturated heterocycles. The van der Waals surface area contributed by atoms with Crippen molar-refractivity contribution < 1.29 is 8.42 Å². The van der Waals surface area contributed by atoms with E-state index < -0.39 is 10.0 Å². The van der Waals surface area contributed by atoms with Crippen LogP contribution in [0.25, 0.3) is 0 Å². The fourth-order valence-electron chi connectivity index (χ4n) is 0.829. The van der Waals surface area contributed by atoms with E-state index in [1.165, 1.54) is 6.07 Å². The van der Waals surface area contributed by atoms with Crippen molar-refractivity contribution in [1.29, 1.82) is 0 Å². The van der Waals surface area contributed by atoms with Gasteiger partial charge in [-0.05, 0) is 40.5 Å². The summed E-state index contributed by atoms with van der Waals surface area (Å²) in [6.07, 6.45) is 0. The van der Waals surface area contributed by atoms with Crippen molar-refractivity contribution in [2.45, 2.75) is 11.8 Å². The van der Waals surface area contributed by atoms with Crippen LogP contribution in [0.15, 0.2) is 27.6 Å². The van der Waals surface area contributed by atoms with Crippen LogP contribution in [0.4, 0.5) is 0 Å². The first kappa shape index (κ1) is 9.70. The van der Waals surface area contributed by atoms with Gasteiger partial charge in [-0.25, -0.2) is 13.6 Å². The van der Waals surface area contributed by atoms with E-state index in [0.29, 0.717) is 4.47 Å². The molecule has 2 N–H and O–H groups in total. The largest absolute Gasteiger partial charge is 0.239 e. The molecule has 0 atom stereocenters. The van der Waals surface area contributed by atoms with Crippen LogP contribution < -0.4 is 5.14 Å². The molecule has 1 aromatic rings. The van der Waals surface area contributed by atoms with Crippen molar-refractivity contribution in [2.24, 2.45) is 5.14 Å². The minimum Gasteiger partial charge on any atom is -0.225 e. The van der Waals surface area contributed by atoms with Crippen LogP contribution in [-0.4, -0.2) is 8.42 Å². The zero-order valence-electron chi connectivity index (χ0n) is 6.41. The molecule has 3 nitrogen and oxygen atoms in total. The Balaban J connectivity index is 3.43. The highest BCUT2D eigenvalue weighted by Gasteiger charge is 2.11. The van der Waals surface area contributed by atoms with Gasteiger partial charge in [-0.3, -0.25) is 0 Å². The van der Waals surface area contributed by atoms with Crippen molar-refractivity contribution >= 4 is 26.0 Å². The van der Waals surface area contributed by atoms with Gasteiger partial charge in [0, 0.05) is 4.47 Å². The van der Waals surface area contributed by atoms with Gasteiger partial charge in [0.25, 0.3) is 0 Å². The van der Waals surface area contributed by atoms with Gasteiger partial charge in [-0.1, -0.05) is 6.07 Å². The van der Waals surface area contributed by atoms with E-state index >= 15 is 0 Å².